The number of halogens is 2. The normalized spacial score (nSPS) is 26.5. The Bertz CT molecular complexity index is 1030. The molecule has 0 unspecified atom stereocenters. The maximum absolute atomic E-state index is 13.4. The number of nitriles is 1. The highest BCUT2D eigenvalue weighted by Gasteiger charge is 2.43. The standard InChI is InChI=1S/C21H24F2N6O2/c22-21(23)3-4-29(13-21)19(30)17-10-15(12-25-17)27-5-7-28(8-6-27)20-26-16-9-14(11-24)1-2-18(16)31-20/h1-2,9,15,17,25H,3-8,10,12-13H2/t15-,17-/m0/s1. The van der Waals surface area contributed by atoms with E-state index >= 15 is 0 Å². The first kappa shape index (κ1) is 20.2. The van der Waals surface area contributed by atoms with Gasteiger partial charge in [0.2, 0.25) is 5.91 Å². The number of benzene rings is 1. The van der Waals surface area contributed by atoms with Gasteiger partial charge in [-0.1, -0.05) is 0 Å². The Balaban J connectivity index is 1.16. The summed E-state index contributed by atoms with van der Waals surface area (Å²) in [6, 6.07) is 7.67. The zero-order valence-corrected chi connectivity index (χ0v) is 17.1. The van der Waals surface area contributed by atoms with Crippen molar-refractivity contribution in [3.05, 3.63) is 23.8 Å². The second-order valence-electron chi connectivity index (χ2n) is 8.53. The molecule has 10 heteroatoms. The fourth-order valence-corrected chi connectivity index (χ4v) is 4.73. The van der Waals surface area contributed by atoms with Gasteiger partial charge in [-0.2, -0.15) is 10.2 Å². The highest BCUT2D eigenvalue weighted by atomic mass is 19.3. The number of alkyl halides is 2. The smallest absolute Gasteiger partial charge is 0.298 e. The number of piperazine rings is 1. The van der Waals surface area contributed by atoms with Crippen LogP contribution in [0.2, 0.25) is 0 Å². The van der Waals surface area contributed by atoms with Crippen molar-refractivity contribution in [2.75, 3.05) is 50.7 Å². The second kappa shape index (κ2) is 7.73. The van der Waals surface area contributed by atoms with Crippen LogP contribution in [0.1, 0.15) is 18.4 Å². The summed E-state index contributed by atoms with van der Waals surface area (Å²) in [5.41, 5.74) is 1.88. The van der Waals surface area contributed by atoms with Crippen LogP contribution >= 0.6 is 0 Å². The number of nitrogens with one attached hydrogen (secondary N) is 1. The van der Waals surface area contributed by atoms with Crippen molar-refractivity contribution in [2.24, 2.45) is 0 Å². The molecule has 1 amide bonds. The fourth-order valence-electron chi connectivity index (χ4n) is 4.73. The highest BCUT2D eigenvalue weighted by Crippen LogP contribution is 2.29. The number of aromatic nitrogens is 1. The van der Waals surface area contributed by atoms with Gasteiger partial charge >= 0.3 is 0 Å². The summed E-state index contributed by atoms with van der Waals surface area (Å²) in [4.78, 5) is 22.8. The summed E-state index contributed by atoms with van der Waals surface area (Å²) in [6.45, 7) is 3.44. The molecule has 31 heavy (non-hydrogen) atoms. The Morgan fingerprint density at radius 2 is 2.06 bits per heavy atom. The maximum Gasteiger partial charge on any atom is 0.298 e. The van der Waals surface area contributed by atoms with Crippen molar-refractivity contribution in [3.63, 3.8) is 0 Å². The first-order valence-corrected chi connectivity index (χ1v) is 10.6. The van der Waals surface area contributed by atoms with Gasteiger partial charge in [0.1, 0.15) is 5.52 Å². The molecule has 5 rings (SSSR count). The molecule has 1 aromatic heterocycles. The average molecular weight is 430 g/mol. The van der Waals surface area contributed by atoms with E-state index in [0.717, 1.165) is 26.2 Å². The number of nitrogens with zero attached hydrogens (tertiary/aromatic N) is 5. The number of amides is 1. The minimum absolute atomic E-state index is 0.133. The third-order valence-electron chi connectivity index (χ3n) is 6.49. The van der Waals surface area contributed by atoms with Crippen LogP contribution in [0.5, 0.6) is 0 Å². The van der Waals surface area contributed by atoms with Gasteiger partial charge in [-0.05, 0) is 24.6 Å². The van der Waals surface area contributed by atoms with E-state index in [-0.39, 0.29) is 31.0 Å². The van der Waals surface area contributed by atoms with E-state index in [2.05, 4.69) is 26.2 Å². The van der Waals surface area contributed by atoms with Crippen molar-refractivity contribution < 1.29 is 18.0 Å². The zero-order valence-electron chi connectivity index (χ0n) is 17.1. The van der Waals surface area contributed by atoms with Gasteiger partial charge in [0.05, 0.1) is 24.2 Å². The lowest BCUT2D eigenvalue weighted by atomic mass is 10.1. The molecule has 2 aromatic rings. The van der Waals surface area contributed by atoms with Gasteiger partial charge < -0.3 is 19.5 Å². The first-order valence-electron chi connectivity index (χ1n) is 10.6. The van der Waals surface area contributed by atoms with Gasteiger partial charge in [0, 0.05) is 51.7 Å². The molecule has 3 fully saturated rings. The number of oxazole rings is 1. The van der Waals surface area contributed by atoms with Crippen LogP contribution in [0.4, 0.5) is 14.8 Å². The second-order valence-corrected chi connectivity index (χ2v) is 8.53. The summed E-state index contributed by atoms with van der Waals surface area (Å²) in [6.07, 6.45) is 0.394. The molecule has 4 heterocycles. The third kappa shape index (κ3) is 3.95. The molecule has 2 atom stereocenters. The fraction of sp³-hybridized carbons (Fsp3) is 0.571. The largest absolute Gasteiger partial charge is 0.423 e. The van der Waals surface area contributed by atoms with Crippen molar-refractivity contribution in [2.45, 2.75) is 30.8 Å². The number of carbonyl (C=O) groups is 1. The quantitative estimate of drug-likeness (QED) is 0.788. The lowest BCUT2D eigenvalue weighted by molar-refractivity contribution is -0.133. The molecule has 0 radical (unpaired) electrons. The van der Waals surface area contributed by atoms with E-state index in [1.54, 1.807) is 18.2 Å². The van der Waals surface area contributed by atoms with Gasteiger partial charge in [-0.25, -0.2) is 8.78 Å². The molecule has 3 saturated heterocycles. The predicted molar refractivity (Wildman–Crippen MR) is 109 cm³/mol. The average Bonchev–Trinajstić information content (AvgIpc) is 3.50. The Morgan fingerprint density at radius 3 is 2.77 bits per heavy atom. The molecule has 1 N–H and O–H groups in total. The van der Waals surface area contributed by atoms with E-state index in [9.17, 15) is 13.6 Å². The van der Waals surface area contributed by atoms with Crippen molar-refractivity contribution in [1.82, 2.24) is 20.1 Å². The molecule has 3 aliphatic heterocycles. The Hall–Kier alpha value is -2.77. The summed E-state index contributed by atoms with van der Waals surface area (Å²) < 4.78 is 32.7. The number of hydrogen-bond acceptors (Lipinski definition) is 7. The van der Waals surface area contributed by atoms with Crippen LogP contribution in [-0.2, 0) is 4.79 Å². The number of hydrogen-bond donors (Lipinski definition) is 1. The van der Waals surface area contributed by atoms with Crippen molar-refractivity contribution >= 4 is 23.0 Å². The van der Waals surface area contributed by atoms with E-state index in [0.29, 0.717) is 35.6 Å². The van der Waals surface area contributed by atoms with Gasteiger partial charge in [0.15, 0.2) is 5.58 Å². The molecule has 8 nitrogen and oxygen atoms in total. The monoisotopic (exact) mass is 430 g/mol. The molecule has 164 valence electrons. The maximum atomic E-state index is 13.4. The predicted octanol–water partition coefficient (Wildman–Crippen LogP) is 1.42. The van der Waals surface area contributed by atoms with Gasteiger partial charge in [-0.3, -0.25) is 9.69 Å². The van der Waals surface area contributed by atoms with E-state index in [1.165, 1.54) is 4.90 Å². The van der Waals surface area contributed by atoms with Crippen molar-refractivity contribution in [1.29, 1.82) is 5.26 Å². The van der Waals surface area contributed by atoms with Crippen LogP contribution in [0, 0.1) is 11.3 Å². The summed E-state index contributed by atoms with van der Waals surface area (Å²) >= 11 is 0. The lowest BCUT2D eigenvalue weighted by Gasteiger charge is -2.37. The number of likely N-dealkylation sites (tertiary alicyclic amines) is 1. The number of fused-ring (bicyclic) bond motifs is 1. The lowest BCUT2D eigenvalue weighted by Crippen LogP contribution is -2.51. The number of carbonyl (C=O) groups excluding carboxylic acids is 1. The summed E-state index contributed by atoms with van der Waals surface area (Å²) in [7, 11) is 0. The van der Waals surface area contributed by atoms with Gasteiger partial charge in [-0.15, -0.1) is 0 Å². The Labute approximate surface area is 178 Å². The minimum atomic E-state index is -2.76. The summed E-state index contributed by atoms with van der Waals surface area (Å²) in [5.74, 6) is -2.97. The molecular weight excluding hydrogens is 406 g/mol. The summed E-state index contributed by atoms with van der Waals surface area (Å²) in [5, 5.41) is 12.3. The van der Waals surface area contributed by atoms with Crippen LogP contribution < -0.4 is 10.2 Å². The van der Waals surface area contributed by atoms with Crippen LogP contribution in [0.25, 0.3) is 11.1 Å². The van der Waals surface area contributed by atoms with Crippen LogP contribution in [-0.4, -0.2) is 84.5 Å². The van der Waals surface area contributed by atoms with Crippen molar-refractivity contribution in [3.8, 4) is 6.07 Å². The molecule has 3 aliphatic rings. The van der Waals surface area contributed by atoms with E-state index in [4.69, 9.17) is 9.68 Å². The zero-order chi connectivity index (χ0) is 21.6. The molecule has 0 aliphatic carbocycles. The highest BCUT2D eigenvalue weighted by molar-refractivity contribution is 5.82. The minimum Gasteiger partial charge on any atom is -0.423 e. The topological polar surface area (TPSA) is 88.6 Å². The number of anilines is 1. The van der Waals surface area contributed by atoms with Crippen LogP contribution in [0.3, 0.4) is 0 Å². The van der Waals surface area contributed by atoms with E-state index < -0.39 is 12.5 Å². The number of rotatable bonds is 3. The van der Waals surface area contributed by atoms with Crippen LogP contribution in [0.15, 0.2) is 22.6 Å². The third-order valence-corrected chi connectivity index (χ3v) is 6.49. The van der Waals surface area contributed by atoms with E-state index in [1.807, 2.05) is 0 Å². The molecule has 1 aromatic carbocycles. The molecule has 0 saturated carbocycles. The molecule has 0 spiro atoms. The first-order chi connectivity index (χ1) is 14.9. The van der Waals surface area contributed by atoms with Gasteiger partial charge in [0.25, 0.3) is 11.9 Å². The Morgan fingerprint density at radius 1 is 1.26 bits per heavy atom. The SMILES string of the molecule is N#Cc1ccc2oc(N3CCN([C@@H]4CN[C@H](C(=O)N5CCC(F)(F)C5)C4)CC3)nc2c1. The Kier molecular flexibility index (Phi) is 5.02. The molecule has 0 bridgehead atoms. The molecular formula is C21H24F2N6O2.